The molecule has 9 heteroatoms. The third kappa shape index (κ3) is 3.77. The molecule has 1 amide bonds. The molecule has 0 bridgehead atoms. The second-order valence-electron chi connectivity index (χ2n) is 8.40. The van der Waals surface area contributed by atoms with Gasteiger partial charge in [-0.1, -0.05) is 0 Å². The zero-order valence-corrected chi connectivity index (χ0v) is 17.7. The van der Waals surface area contributed by atoms with Gasteiger partial charge in [-0.2, -0.15) is 5.26 Å². The lowest BCUT2D eigenvalue weighted by atomic mass is 9.78. The van der Waals surface area contributed by atoms with Crippen LogP contribution in [0.25, 0.3) is 0 Å². The summed E-state index contributed by atoms with van der Waals surface area (Å²) in [6.45, 7) is 5.36. The minimum atomic E-state index is -0.926. The minimum Gasteiger partial charge on any atom is -0.391 e. The van der Waals surface area contributed by atoms with Gasteiger partial charge in [0.15, 0.2) is 0 Å². The number of pyridine rings is 1. The fourth-order valence-electron chi connectivity index (χ4n) is 4.78. The molecule has 1 aromatic rings. The molecule has 2 saturated heterocycles. The Balaban J connectivity index is 1.57. The third-order valence-corrected chi connectivity index (χ3v) is 6.56. The van der Waals surface area contributed by atoms with E-state index in [2.05, 4.69) is 20.9 Å². The number of likely N-dealkylation sites (tertiary alicyclic amines) is 1. The van der Waals surface area contributed by atoms with Gasteiger partial charge in [-0.15, -0.1) is 0 Å². The number of aliphatic hydroxyl groups is 1. The van der Waals surface area contributed by atoms with Gasteiger partial charge in [0, 0.05) is 37.7 Å². The highest BCUT2D eigenvalue weighted by Gasteiger charge is 2.56. The van der Waals surface area contributed by atoms with Crippen LogP contribution in [0.1, 0.15) is 32.4 Å². The molecular formula is C22H27FN6O2. The number of allylic oxidation sites excluding steroid dienone is 2. The van der Waals surface area contributed by atoms with E-state index in [1.807, 2.05) is 24.8 Å². The van der Waals surface area contributed by atoms with Crippen LogP contribution in [0.2, 0.25) is 0 Å². The van der Waals surface area contributed by atoms with E-state index < -0.39 is 11.6 Å². The Morgan fingerprint density at radius 2 is 2.29 bits per heavy atom. The van der Waals surface area contributed by atoms with E-state index in [9.17, 15) is 14.3 Å². The number of likely N-dealkylation sites (N-methyl/N-ethyl adjacent to an activating group) is 1. The second-order valence-corrected chi connectivity index (χ2v) is 8.40. The number of nitriles is 1. The first kappa shape index (κ1) is 21.3. The highest BCUT2D eigenvalue weighted by molar-refractivity contribution is 5.92. The van der Waals surface area contributed by atoms with Gasteiger partial charge in [-0.25, -0.2) is 9.37 Å². The number of nitrogens with one attached hydrogen (secondary N) is 3. The second kappa shape index (κ2) is 8.29. The molecular weight excluding hydrogens is 399 g/mol. The summed E-state index contributed by atoms with van der Waals surface area (Å²) in [6, 6.07) is 4.99. The monoisotopic (exact) mass is 426 g/mol. The first-order valence-corrected chi connectivity index (χ1v) is 10.6. The predicted molar refractivity (Wildman–Crippen MR) is 113 cm³/mol. The van der Waals surface area contributed by atoms with Crippen LogP contribution in [0.15, 0.2) is 41.6 Å². The van der Waals surface area contributed by atoms with E-state index in [0.29, 0.717) is 43.1 Å². The zero-order chi connectivity index (χ0) is 22.2. The van der Waals surface area contributed by atoms with Gasteiger partial charge in [-0.3, -0.25) is 9.69 Å². The molecule has 2 unspecified atom stereocenters. The van der Waals surface area contributed by atoms with Crippen LogP contribution in [0.5, 0.6) is 0 Å². The molecule has 0 spiro atoms. The van der Waals surface area contributed by atoms with Crippen LogP contribution in [-0.4, -0.2) is 58.2 Å². The Bertz CT molecular complexity index is 969. The van der Waals surface area contributed by atoms with Crippen molar-refractivity contribution in [2.24, 2.45) is 5.92 Å². The molecule has 3 heterocycles. The van der Waals surface area contributed by atoms with Crippen molar-refractivity contribution < 1.29 is 14.3 Å². The number of aromatic nitrogens is 1. The highest BCUT2D eigenvalue weighted by Crippen LogP contribution is 2.44. The molecule has 164 valence electrons. The molecule has 31 heavy (non-hydrogen) atoms. The zero-order valence-electron chi connectivity index (χ0n) is 17.7. The number of rotatable bonds is 5. The lowest BCUT2D eigenvalue weighted by molar-refractivity contribution is -0.132. The first-order valence-electron chi connectivity index (χ1n) is 10.6. The van der Waals surface area contributed by atoms with Gasteiger partial charge < -0.3 is 21.1 Å². The van der Waals surface area contributed by atoms with Crippen molar-refractivity contribution in [1.29, 1.82) is 5.26 Å². The predicted octanol–water partition coefficient (Wildman–Crippen LogP) is 1.38. The Morgan fingerprint density at radius 3 is 2.97 bits per heavy atom. The Hall–Kier alpha value is -2.96. The molecule has 4 atom stereocenters. The quantitative estimate of drug-likeness (QED) is 0.563. The Labute approximate surface area is 180 Å². The number of halogens is 1. The van der Waals surface area contributed by atoms with E-state index in [-0.39, 0.29) is 30.1 Å². The van der Waals surface area contributed by atoms with Crippen molar-refractivity contribution in [2.75, 3.05) is 25.0 Å². The Morgan fingerprint density at radius 1 is 1.48 bits per heavy atom. The van der Waals surface area contributed by atoms with E-state index in [1.165, 1.54) is 6.08 Å². The summed E-state index contributed by atoms with van der Waals surface area (Å²) in [6.07, 6.45) is 3.06. The average Bonchev–Trinajstić information content (AvgIpc) is 3.02. The molecule has 2 aliphatic heterocycles. The fourth-order valence-corrected chi connectivity index (χ4v) is 4.78. The highest BCUT2D eigenvalue weighted by atomic mass is 19.1. The van der Waals surface area contributed by atoms with Crippen LogP contribution in [0.3, 0.4) is 0 Å². The number of aliphatic hydroxyl groups excluding tert-OH is 1. The standard InChI is InChI=1S/C22H27FN6O2/c1-3-25-17-9-13(23)8-16-20(17)28-21(31)22(16,2)29-7-6-19(30)18(12-29)27-15-5-4-14(10-24)26-11-15/h4-5,9,11,16,18-19,25,27,30H,3,6-8,12H2,1-2H3,(H,28,31)/t16?,18-,19-,22?/m0/s1. The van der Waals surface area contributed by atoms with Crippen molar-refractivity contribution in [1.82, 2.24) is 20.5 Å². The smallest absolute Gasteiger partial charge is 0.245 e. The number of amides is 1. The summed E-state index contributed by atoms with van der Waals surface area (Å²) in [5.41, 5.74) is 1.44. The molecule has 2 fully saturated rings. The first-order chi connectivity index (χ1) is 14.9. The van der Waals surface area contributed by atoms with Gasteiger partial charge in [0.25, 0.3) is 0 Å². The van der Waals surface area contributed by atoms with Crippen molar-refractivity contribution in [3.8, 4) is 6.07 Å². The number of nitrogens with zero attached hydrogens (tertiary/aromatic N) is 3. The summed E-state index contributed by atoms with van der Waals surface area (Å²) in [5, 5.41) is 28.9. The van der Waals surface area contributed by atoms with E-state index in [1.54, 1.807) is 18.3 Å². The molecule has 8 nitrogen and oxygen atoms in total. The van der Waals surface area contributed by atoms with Gasteiger partial charge >= 0.3 is 0 Å². The number of hydrogen-bond donors (Lipinski definition) is 4. The fraction of sp³-hybridized carbons (Fsp3) is 0.500. The van der Waals surface area contributed by atoms with Crippen LogP contribution in [0.4, 0.5) is 10.1 Å². The maximum atomic E-state index is 14.5. The van der Waals surface area contributed by atoms with Crippen LogP contribution < -0.4 is 16.0 Å². The van der Waals surface area contributed by atoms with Crippen molar-refractivity contribution >= 4 is 11.6 Å². The maximum absolute atomic E-state index is 14.5. The molecule has 3 aliphatic rings. The molecule has 1 aliphatic carbocycles. The molecule has 0 radical (unpaired) electrons. The number of carbonyl (C=O) groups is 1. The molecule has 4 N–H and O–H groups in total. The summed E-state index contributed by atoms with van der Waals surface area (Å²) in [4.78, 5) is 19.3. The summed E-state index contributed by atoms with van der Waals surface area (Å²) < 4.78 is 14.5. The van der Waals surface area contributed by atoms with E-state index in [4.69, 9.17) is 5.26 Å². The summed E-state index contributed by atoms with van der Waals surface area (Å²) in [5.74, 6) is -0.726. The van der Waals surface area contributed by atoms with Crippen LogP contribution in [0, 0.1) is 17.2 Å². The topological polar surface area (TPSA) is 113 Å². The normalized spacial score (nSPS) is 30.9. The minimum absolute atomic E-state index is 0.152. The lowest BCUT2D eigenvalue weighted by Crippen LogP contribution is -2.62. The SMILES string of the molecule is CCNC1=C2NC(=O)C(C)(N3CC[C@H](O)[C@@H](Nc4ccc(C#N)nc4)C3)C2CC(F)=C1. The molecule has 1 aromatic heterocycles. The van der Waals surface area contributed by atoms with Gasteiger partial charge in [-0.05, 0) is 38.5 Å². The number of fused-ring (bicyclic) bond motifs is 1. The maximum Gasteiger partial charge on any atom is 0.245 e. The third-order valence-electron chi connectivity index (χ3n) is 6.56. The summed E-state index contributed by atoms with van der Waals surface area (Å²) >= 11 is 0. The summed E-state index contributed by atoms with van der Waals surface area (Å²) in [7, 11) is 0. The Kier molecular flexibility index (Phi) is 5.69. The average molecular weight is 426 g/mol. The molecule has 4 rings (SSSR count). The van der Waals surface area contributed by atoms with Crippen LogP contribution in [-0.2, 0) is 4.79 Å². The van der Waals surface area contributed by atoms with Gasteiger partial charge in [0.05, 0.1) is 29.7 Å². The molecule has 0 saturated carbocycles. The van der Waals surface area contributed by atoms with Crippen molar-refractivity contribution in [2.45, 2.75) is 44.4 Å². The number of piperidine rings is 1. The largest absolute Gasteiger partial charge is 0.391 e. The molecule has 0 aromatic carbocycles. The van der Waals surface area contributed by atoms with E-state index in [0.717, 1.165) is 5.70 Å². The van der Waals surface area contributed by atoms with Crippen molar-refractivity contribution in [3.05, 3.63) is 47.3 Å². The van der Waals surface area contributed by atoms with Gasteiger partial charge in [0.1, 0.15) is 23.1 Å². The number of hydrogen-bond acceptors (Lipinski definition) is 7. The van der Waals surface area contributed by atoms with Crippen LogP contribution >= 0.6 is 0 Å². The van der Waals surface area contributed by atoms with E-state index >= 15 is 0 Å². The number of carbonyl (C=O) groups excluding carboxylic acids is 1. The van der Waals surface area contributed by atoms with Crippen molar-refractivity contribution in [3.63, 3.8) is 0 Å². The van der Waals surface area contributed by atoms with Gasteiger partial charge in [0.2, 0.25) is 5.91 Å². The lowest BCUT2D eigenvalue weighted by Gasteiger charge is -2.46. The number of anilines is 1.